The molecule has 2 bridgehead atoms. The van der Waals surface area contributed by atoms with Gasteiger partial charge < -0.3 is 39.2 Å². The molecule has 13 heteroatoms. The SMILES string of the molecule is C=CCCC(=O)N[C@H](COC)[C@H](OC(=O)[C@H]1[C@@H]2O[C@@]3(CC2Br)[C@@H]1C(=O)N(CCCCCCO)[C@@H]3C(=O)N(CC=C)c1ccc(OC)cc1)c1ccccc1. The molecule has 292 valence electrons. The highest BCUT2D eigenvalue weighted by atomic mass is 79.9. The van der Waals surface area contributed by atoms with Crippen LogP contribution < -0.4 is 15.0 Å². The van der Waals surface area contributed by atoms with E-state index in [0.717, 1.165) is 12.8 Å². The molecular formula is C41H52BrN3O9. The lowest BCUT2D eigenvalue weighted by Crippen LogP contribution is -2.57. The molecule has 2 aromatic carbocycles. The van der Waals surface area contributed by atoms with Gasteiger partial charge in [-0.25, -0.2) is 0 Å². The molecule has 12 nitrogen and oxygen atoms in total. The molecule has 2 N–H and O–H groups in total. The third-order valence-corrected chi connectivity index (χ3v) is 11.4. The molecule has 3 fully saturated rings. The lowest BCUT2D eigenvalue weighted by atomic mass is 9.70. The second kappa shape index (κ2) is 19.0. The summed E-state index contributed by atoms with van der Waals surface area (Å²) in [4.78, 5) is 60.1. The van der Waals surface area contributed by atoms with Gasteiger partial charge >= 0.3 is 5.97 Å². The summed E-state index contributed by atoms with van der Waals surface area (Å²) in [6.45, 7) is 8.16. The highest BCUT2D eigenvalue weighted by Crippen LogP contribution is 2.60. The zero-order chi connectivity index (χ0) is 38.8. The zero-order valence-corrected chi connectivity index (χ0v) is 32.7. The molecule has 1 unspecified atom stereocenters. The molecule has 5 rings (SSSR count). The minimum absolute atomic E-state index is 0.0514. The molecule has 3 heterocycles. The van der Waals surface area contributed by atoms with Crippen LogP contribution in [0.2, 0.25) is 0 Å². The summed E-state index contributed by atoms with van der Waals surface area (Å²) in [6.07, 6.45) is 5.33. The van der Waals surface area contributed by atoms with Crippen molar-refractivity contribution in [1.29, 1.82) is 0 Å². The number of aliphatic hydroxyl groups excluding tert-OH is 1. The van der Waals surface area contributed by atoms with Gasteiger partial charge in [-0.1, -0.05) is 71.3 Å². The van der Waals surface area contributed by atoms with Gasteiger partial charge in [-0.3, -0.25) is 19.2 Å². The molecule has 8 atom stereocenters. The molecular weight excluding hydrogens is 758 g/mol. The summed E-state index contributed by atoms with van der Waals surface area (Å²) >= 11 is 3.76. The number of rotatable bonds is 21. The Morgan fingerprint density at radius 1 is 1.07 bits per heavy atom. The summed E-state index contributed by atoms with van der Waals surface area (Å²) in [5, 5.41) is 12.3. The van der Waals surface area contributed by atoms with Gasteiger partial charge in [0, 0.05) is 43.7 Å². The van der Waals surface area contributed by atoms with Gasteiger partial charge in [0.2, 0.25) is 11.8 Å². The molecule has 2 aromatic rings. The monoisotopic (exact) mass is 809 g/mol. The van der Waals surface area contributed by atoms with Crippen molar-refractivity contribution in [2.75, 3.05) is 45.4 Å². The van der Waals surface area contributed by atoms with Crippen LogP contribution in [0.25, 0.3) is 0 Å². The predicted octanol–water partition coefficient (Wildman–Crippen LogP) is 4.90. The zero-order valence-electron chi connectivity index (χ0n) is 31.1. The van der Waals surface area contributed by atoms with Crippen LogP contribution >= 0.6 is 15.9 Å². The number of benzene rings is 2. The smallest absolute Gasteiger partial charge is 0.313 e. The number of ether oxygens (including phenoxy) is 4. The van der Waals surface area contributed by atoms with Crippen LogP contribution in [0.15, 0.2) is 79.9 Å². The van der Waals surface area contributed by atoms with E-state index in [4.69, 9.17) is 18.9 Å². The van der Waals surface area contributed by atoms with E-state index in [9.17, 15) is 24.3 Å². The van der Waals surface area contributed by atoms with Gasteiger partial charge in [0.05, 0.1) is 37.7 Å². The van der Waals surface area contributed by atoms with Crippen LogP contribution in [0.5, 0.6) is 5.75 Å². The number of esters is 1. The van der Waals surface area contributed by atoms with Crippen LogP contribution in [0.3, 0.4) is 0 Å². The number of carbonyl (C=O) groups is 4. The first kappa shape index (κ1) is 41.1. The largest absolute Gasteiger partial charge is 0.497 e. The first-order valence-corrected chi connectivity index (χ1v) is 19.5. The lowest BCUT2D eigenvalue weighted by Gasteiger charge is -2.37. The van der Waals surface area contributed by atoms with E-state index in [1.807, 2.05) is 30.3 Å². The fourth-order valence-corrected chi connectivity index (χ4v) is 9.10. The van der Waals surface area contributed by atoms with Crippen molar-refractivity contribution in [3.05, 3.63) is 85.5 Å². The lowest BCUT2D eigenvalue weighted by molar-refractivity contribution is -0.163. The number of unbranched alkanes of at least 4 members (excludes halogenated alkanes) is 3. The van der Waals surface area contributed by atoms with Crippen molar-refractivity contribution in [3.8, 4) is 5.75 Å². The fourth-order valence-electron chi connectivity index (χ4n) is 8.15. The number of carbonyl (C=O) groups excluding carboxylic acids is 4. The van der Waals surface area contributed by atoms with E-state index < -0.39 is 47.7 Å². The first-order valence-electron chi connectivity index (χ1n) is 18.6. The summed E-state index contributed by atoms with van der Waals surface area (Å²) in [7, 11) is 3.07. The molecule has 0 radical (unpaired) electrons. The van der Waals surface area contributed by atoms with E-state index in [0.29, 0.717) is 42.7 Å². The molecule has 3 saturated heterocycles. The Balaban J connectivity index is 1.51. The Morgan fingerprint density at radius 3 is 2.44 bits per heavy atom. The number of likely N-dealkylation sites (tertiary alicyclic amines) is 1. The third kappa shape index (κ3) is 8.59. The Hall–Kier alpha value is -4.04. The van der Waals surface area contributed by atoms with Crippen molar-refractivity contribution < 1.29 is 43.2 Å². The van der Waals surface area contributed by atoms with Crippen LogP contribution in [0.4, 0.5) is 5.69 Å². The average Bonchev–Trinajstić information content (AvgIpc) is 3.78. The number of hydrogen-bond donors (Lipinski definition) is 2. The second-order valence-corrected chi connectivity index (χ2v) is 15.2. The summed E-state index contributed by atoms with van der Waals surface area (Å²) in [6, 6.07) is 14.4. The second-order valence-electron chi connectivity index (χ2n) is 14.0. The average molecular weight is 811 g/mol. The summed E-state index contributed by atoms with van der Waals surface area (Å²) in [5.41, 5.74) is -0.0819. The number of halogens is 1. The van der Waals surface area contributed by atoms with Gasteiger partial charge in [0.15, 0.2) is 0 Å². The van der Waals surface area contributed by atoms with Crippen molar-refractivity contribution in [1.82, 2.24) is 10.2 Å². The number of aliphatic hydroxyl groups is 1. The van der Waals surface area contributed by atoms with Crippen molar-refractivity contribution >= 4 is 45.3 Å². The van der Waals surface area contributed by atoms with E-state index >= 15 is 0 Å². The highest BCUT2D eigenvalue weighted by molar-refractivity contribution is 9.09. The Morgan fingerprint density at radius 2 is 1.80 bits per heavy atom. The molecule has 0 aromatic heterocycles. The van der Waals surface area contributed by atoms with Crippen LogP contribution in [0, 0.1) is 11.8 Å². The number of hydrogen-bond acceptors (Lipinski definition) is 9. The standard InChI is InChI=1S/C41H52BrN3O9/c1-5-7-17-32(47)43-31(26-51-3)35(27-15-11-10-12-16-27)53-40(50)33-34-38(48)45(23-13-8-9-14-24-46)37(41(34)25-30(42)36(33)54-41)39(49)44(22-6-2)28-18-20-29(52-4)21-19-28/h5-6,10-12,15-16,18-21,30-31,33-37,46H,1-2,7-9,13-14,17,22-26H2,3-4H3,(H,43,47)/t30?,31-,33-,34+,35-,36-,37-,41+/m1/s1. The number of fused-ring (bicyclic) bond motifs is 1. The van der Waals surface area contributed by atoms with E-state index in [-0.39, 0.29) is 55.3 Å². The third-order valence-electron chi connectivity index (χ3n) is 10.6. The van der Waals surface area contributed by atoms with Crippen molar-refractivity contribution in [2.45, 2.75) is 79.7 Å². The summed E-state index contributed by atoms with van der Waals surface area (Å²) in [5.74, 6) is -2.99. The number of amides is 3. The van der Waals surface area contributed by atoms with Crippen LogP contribution in [-0.4, -0.2) is 103 Å². The maximum absolute atomic E-state index is 14.9. The normalized spacial score (nSPS) is 25.1. The summed E-state index contributed by atoms with van der Waals surface area (Å²) < 4.78 is 24.0. The van der Waals surface area contributed by atoms with E-state index in [1.54, 1.807) is 53.3 Å². The molecule has 54 heavy (non-hydrogen) atoms. The molecule has 1 spiro atoms. The predicted molar refractivity (Wildman–Crippen MR) is 207 cm³/mol. The highest BCUT2D eigenvalue weighted by Gasteiger charge is 2.77. The minimum Gasteiger partial charge on any atom is -0.497 e. The van der Waals surface area contributed by atoms with Crippen LogP contribution in [0.1, 0.15) is 56.6 Å². The van der Waals surface area contributed by atoms with E-state index in [1.165, 1.54) is 7.11 Å². The topological polar surface area (TPSA) is 144 Å². The maximum Gasteiger partial charge on any atom is 0.313 e. The number of nitrogens with one attached hydrogen (secondary N) is 1. The first-order chi connectivity index (χ1) is 26.1. The molecule has 0 saturated carbocycles. The molecule has 3 aliphatic heterocycles. The minimum atomic E-state index is -1.32. The van der Waals surface area contributed by atoms with E-state index in [2.05, 4.69) is 34.4 Å². The maximum atomic E-state index is 14.9. The van der Waals surface area contributed by atoms with Crippen molar-refractivity contribution in [2.24, 2.45) is 11.8 Å². The van der Waals surface area contributed by atoms with Crippen LogP contribution in [-0.2, 0) is 33.4 Å². The molecule has 0 aliphatic carbocycles. The van der Waals surface area contributed by atoms with Gasteiger partial charge in [0.25, 0.3) is 5.91 Å². The van der Waals surface area contributed by atoms with Gasteiger partial charge in [0.1, 0.15) is 23.5 Å². The number of allylic oxidation sites excluding steroid dienone is 1. The fraction of sp³-hybridized carbons (Fsp3) is 0.512. The quantitative estimate of drug-likeness (QED) is 0.0780. The Labute approximate surface area is 326 Å². The molecule has 3 aliphatic rings. The Bertz CT molecular complexity index is 1630. The number of alkyl halides is 1. The Kier molecular flexibility index (Phi) is 14.5. The number of anilines is 1. The number of methoxy groups -OCH3 is 2. The van der Waals surface area contributed by atoms with Gasteiger partial charge in [-0.2, -0.15) is 0 Å². The van der Waals surface area contributed by atoms with Gasteiger partial charge in [-0.15, -0.1) is 13.2 Å². The number of nitrogens with zero attached hydrogens (tertiary/aromatic N) is 2. The van der Waals surface area contributed by atoms with Gasteiger partial charge in [-0.05, 0) is 55.5 Å². The molecule has 3 amide bonds. The van der Waals surface area contributed by atoms with Crippen molar-refractivity contribution in [3.63, 3.8) is 0 Å².